The zero-order chi connectivity index (χ0) is 10.9. The van der Waals surface area contributed by atoms with Crippen LogP contribution in [-0.4, -0.2) is 12.0 Å². The van der Waals surface area contributed by atoms with Gasteiger partial charge in [-0.15, -0.1) is 0 Å². The van der Waals surface area contributed by atoms with E-state index in [4.69, 9.17) is 0 Å². The van der Waals surface area contributed by atoms with Crippen molar-refractivity contribution in [3.8, 4) is 0 Å². The third-order valence-corrected chi connectivity index (χ3v) is 2.46. The van der Waals surface area contributed by atoms with Crippen LogP contribution in [0.15, 0.2) is 10.5 Å². The Kier molecular flexibility index (Phi) is 3.05. The van der Waals surface area contributed by atoms with Crippen LogP contribution in [0.4, 0.5) is 15.8 Å². The summed E-state index contributed by atoms with van der Waals surface area (Å²) in [5, 5.41) is 13.2. The van der Waals surface area contributed by atoms with E-state index >= 15 is 0 Å². The van der Waals surface area contributed by atoms with E-state index in [1.165, 1.54) is 14.0 Å². The first-order valence-corrected chi connectivity index (χ1v) is 4.59. The monoisotopic (exact) mass is 262 g/mol. The molecule has 1 rings (SSSR count). The van der Waals surface area contributed by atoms with Crippen LogP contribution in [0.25, 0.3) is 0 Å². The summed E-state index contributed by atoms with van der Waals surface area (Å²) in [7, 11) is 1.52. The molecule has 1 aromatic rings. The van der Waals surface area contributed by atoms with Crippen LogP contribution in [0.5, 0.6) is 0 Å². The second kappa shape index (κ2) is 3.91. The van der Waals surface area contributed by atoms with Gasteiger partial charge in [-0.25, -0.2) is 4.39 Å². The van der Waals surface area contributed by atoms with Gasteiger partial charge in [0.05, 0.1) is 9.40 Å². The van der Waals surface area contributed by atoms with Crippen LogP contribution in [0.1, 0.15) is 5.56 Å². The molecule has 1 N–H and O–H groups in total. The first kappa shape index (κ1) is 10.9. The Morgan fingerprint density at radius 2 is 2.21 bits per heavy atom. The van der Waals surface area contributed by atoms with Gasteiger partial charge in [0.15, 0.2) is 0 Å². The van der Waals surface area contributed by atoms with Gasteiger partial charge in [-0.3, -0.25) is 10.1 Å². The maximum Gasteiger partial charge on any atom is 0.293 e. The molecule has 0 aliphatic heterocycles. The van der Waals surface area contributed by atoms with Gasteiger partial charge in [0.25, 0.3) is 5.69 Å². The number of hydrogen-bond donors (Lipinski definition) is 1. The normalized spacial score (nSPS) is 10.0. The molecule has 14 heavy (non-hydrogen) atoms. The topological polar surface area (TPSA) is 55.2 Å². The highest BCUT2D eigenvalue weighted by Gasteiger charge is 2.20. The summed E-state index contributed by atoms with van der Waals surface area (Å²) in [6.45, 7) is 1.49. The van der Waals surface area contributed by atoms with E-state index < -0.39 is 10.7 Å². The number of halogens is 2. The van der Waals surface area contributed by atoms with Crippen LogP contribution >= 0.6 is 15.9 Å². The molecule has 0 unspecified atom stereocenters. The number of hydrogen-bond acceptors (Lipinski definition) is 3. The lowest BCUT2D eigenvalue weighted by atomic mass is 10.1. The molecule has 0 fully saturated rings. The average molecular weight is 263 g/mol. The van der Waals surface area contributed by atoms with E-state index in [1.807, 2.05) is 0 Å². The van der Waals surface area contributed by atoms with Crippen molar-refractivity contribution in [3.05, 3.63) is 32.0 Å². The number of anilines is 1. The van der Waals surface area contributed by atoms with Crippen LogP contribution in [0.3, 0.4) is 0 Å². The minimum absolute atomic E-state index is 0.0979. The van der Waals surface area contributed by atoms with Crippen molar-refractivity contribution in [3.63, 3.8) is 0 Å². The summed E-state index contributed by atoms with van der Waals surface area (Å²) >= 11 is 2.92. The van der Waals surface area contributed by atoms with E-state index in [2.05, 4.69) is 21.2 Å². The highest BCUT2D eigenvalue weighted by atomic mass is 79.9. The van der Waals surface area contributed by atoms with Crippen LogP contribution in [0.2, 0.25) is 0 Å². The largest absolute Gasteiger partial charge is 0.382 e. The smallest absolute Gasteiger partial charge is 0.293 e. The van der Waals surface area contributed by atoms with Crippen molar-refractivity contribution in [2.75, 3.05) is 12.4 Å². The molecule has 0 aromatic heterocycles. The molecular weight excluding hydrogens is 255 g/mol. The van der Waals surface area contributed by atoms with Crippen molar-refractivity contribution in [1.29, 1.82) is 0 Å². The Balaban J connectivity index is 3.51. The summed E-state index contributed by atoms with van der Waals surface area (Å²) in [5.41, 5.74) is 0.294. The summed E-state index contributed by atoms with van der Waals surface area (Å²) in [4.78, 5) is 10.1. The summed E-state index contributed by atoms with van der Waals surface area (Å²) in [6.07, 6.45) is 0. The summed E-state index contributed by atoms with van der Waals surface area (Å²) in [6, 6.07) is 1.15. The minimum Gasteiger partial charge on any atom is -0.382 e. The van der Waals surface area contributed by atoms with Gasteiger partial charge < -0.3 is 5.32 Å². The Hall–Kier alpha value is -1.17. The Labute approximate surface area is 88.4 Å². The number of nitrogens with one attached hydrogen (secondary N) is 1. The standard InChI is InChI=1S/C8H8BrFN2O2/c1-4-7(10)5(9)3-6(12(13)14)8(4)11-2/h3,11H,1-2H3. The first-order valence-electron chi connectivity index (χ1n) is 3.79. The predicted octanol–water partition coefficient (Wildman–Crippen LogP) is 2.85. The van der Waals surface area contributed by atoms with Crippen molar-refractivity contribution in [2.45, 2.75) is 6.92 Å². The van der Waals surface area contributed by atoms with Gasteiger partial charge >= 0.3 is 0 Å². The number of benzene rings is 1. The second-order valence-electron chi connectivity index (χ2n) is 2.70. The van der Waals surface area contributed by atoms with Gasteiger partial charge in [0, 0.05) is 18.7 Å². The lowest BCUT2D eigenvalue weighted by Crippen LogP contribution is -2.01. The van der Waals surface area contributed by atoms with Crippen LogP contribution < -0.4 is 5.32 Å². The molecule has 0 heterocycles. The first-order chi connectivity index (χ1) is 6.49. The summed E-state index contributed by atoms with van der Waals surface area (Å²) < 4.78 is 13.4. The molecule has 0 bridgehead atoms. The molecule has 0 atom stereocenters. The zero-order valence-electron chi connectivity index (χ0n) is 7.60. The molecule has 6 heteroatoms. The van der Waals surface area contributed by atoms with E-state index in [9.17, 15) is 14.5 Å². The van der Waals surface area contributed by atoms with Crippen LogP contribution in [-0.2, 0) is 0 Å². The third-order valence-electron chi connectivity index (χ3n) is 1.88. The van der Waals surface area contributed by atoms with E-state index in [1.54, 1.807) is 0 Å². The molecule has 0 aliphatic carbocycles. The van der Waals surface area contributed by atoms with Crippen molar-refractivity contribution in [2.24, 2.45) is 0 Å². The number of rotatable bonds is 2. The molecular formula is C8H8BrFN2O2. The molecule has 4 nitrogen and oxygen atoms in total. The molecule has 76 valence electrons. The Bertz CT molecular complexity index is 395. The molecule has 0 radical (unpaired) electrons. The number of nitrogens with zero attached hydrogens (tertiary/aromatic N) is 1. The quantitative estimate of drug-likeness (QED) is 0.659. The number of nitro groups is 1. The highest BCUT2D eigenvalue weighted by molar-refractivity contribution is 9.10. The lowest BCUT2D eigenvalue weighted by molar-refractivity contribution is -0.384. The molecule has 0 saturated heterocycles. The Morgan fingerprint density at radius 3 is 2.64 bits per heavy atom. The highest BCUT2D eigenvalue weighted by Crippen LogP contribution is 2.34. The SMILES string of the molecule is CNc1c([N+](=O)[O-])cc(Br)c(F)c1C. The van der Waals surface area contributed by atoms with E-state index in [0.717, 1.165) is 6.07 Å². The fourth-order valence-corrected chi connectivity index (χ4v) is 1.71. The number of nitro benzene ring substituents is 1. The van der Waals surface area contributed by atoms with Crippen molar-refractivity contribution >= 4 is 27.3 Å². The Morgan fingerprint density at radius 1 is 1.64 bits per heavy atom. The molecule has 0 aliphatic rings. The van der Waals surface area contributed by atoms with Gasteiger partial charge in [0.1, 0.15) is 11.5 Å². The minimum atomic E-state index is -0.553. The fourth-order valence-electron chi connectivity index (χ4n) is 1.20. The van der Waals surface area contributed by atoms with Gasteiger partial charge in [-0.05, 0) is 22.9 Å². The predicted molar refractivity (Wildman–Crippen MR) is 55.0 cm³/mol. The van der Waals surface area contributed by atoms with Gasteiger partial charge in [-0.1, -0.05) is 0 Å². The van der Waals surface area contributed by atoms with Crippen molar-refractivity contribution in [1.82, 2.24) is 0 Å². The lowest BCUT2D eigenvalue weighted by Gasteiger charge is -2.07. The average Bonchev–Trinajstić information content (AvgIpc) is 2.13. The maximum atomic E-state index is 13.3. The molecule has 0 amide bonds. The third kappa shape index (κ3) is 1.70. The molecule has 1 aromatic carbocycles. The van der Waals surface area contributed by atoms with Gasteiger partial charge in [0.2, 0.25) is 0 Å². The van der Waals surface area contributed by atoms with E-state index in [0.29, 0.717) is 0 Å². The van der Waals surface area contributed by atoms with Crippen LogP contribution in [0, 0.1) is 22.9 Å². The molecule has 0 saturated carbocycles. The van der Waals surface area contributed by atoms with E-state index in [-0.39, 0.29) is 21.4 Å². The zero-order valence-corrected chi connectivity index (χ0v) is 9.18. The fraction of sp³-hybridized carbons (Fsp3) is 0.250. The van der Waals surface area contributed by atoms with Gasteiger partial charge in [-0.2, -0.15) is 0 Å². The van der Waals surface area contributed by atoms with Crippen molar-refractivity contribution < 1.29 is 9.31 Å². The summed E-state index contributed by atoms with van der Waals surface area (Å²) in [5.74, 6) is -0.486. The molecule has 0 spiro atoms. The maximum absolute atomic E-state index is 13.3. The second-order valence-corrected chi connectivity index (χ2v) is 3.55.